The molecular formula is C26H24N2O5. The molecule has 7 heteroatoms. The van der Waals surface area contributed by atoms with Crippen molar-refractivity contribution in [2.45, 2.75) is 43.4 Å². The van der Waals surface area contributed by atoms with E-state index in [1.807, 2.05) is 60.7 Å². The van der Waals surface area contributed by atoms with E-state index < -0.39 is 37.0 Å². The van der Waals surface area contributed by atoms with Crippen molar-refractivity contribution in [3.05, 3.63) is 101 Å². The van der Waals surface area contributed by atoms with E-state index in [0.29, 0.717) is 12.0 Å². The zero-order valence-corrected chi connectivity index (χ0v) is 17.9. The molecule has 33 heavy (non-hydrogen) atoms. The minimum atomic E-state index is -0.661. The summed E-state index contributed by atoms with van der Waals surface area (Å²) in [4.78, 5) is 4.43. The van der Waals surface area contributed by atoms with Crippen LogP contribution in [0.3, 0.4) is 0 Å². The van der Waals surface area contributed by atoms with Gasteiger partial charge in [0.25, 0.3) is 0 Å². The van der Waals surface area contributed by atoms with Gasteiger partial charge in [-0.25, -0.2) is 0 Å². The Bertz CT molecular complexity index is 1100. The second kappa shape index (κ2) is 9.79. The second-order valence-corrected chi connectivity index (χ2v) is 8.07. The van der Waals surface area contributed by atoms with Crippen LogP contribution in [-0.4, -0.2) is 41.1 Å². The molecule has 5 rings (SSSR count). The van der Waals surface area contributed by atoms with Gasteiger partial charge in [0, 0.05) is 29.4 Å². The van der Waals surface area contributed by atoms with Gasteiger partial charge >= 0.3 is 0 Å². The number of hydrogen-bond donors (Lipinski definition) is 1. The first-order valence-corrected chi connectivity index (χ1v) is 10.9. The van der Waals surface area contributed by atoms with Crippen molar-refractivity contribution in [1.82, 2.24) is 4.98 Å². The Morgan fingerprint density at radius 2 is 1.36 bits per heavy atom. The van der Waals surface area contributed by atoms with Crippen molar-refractivity contribution in [3.8, 4) is 6.07 Å². The second-order valence-electron chi connectivity index (χ2n) is 8.07. The largest absolute Gasteiger partial charge is 0.394 e. The fourth-order valence-corrected chi connectivity index (χ4v) is 4.29. The van der Waals surface area contributed by atoms with E-state index in [4.69, 9.17) is 18.9 Å². The molecule has 0 radical (unpaired) electrons. The average Bonchev–Trinajstić information content (AvgIpc) is 2.89. The van der Waals surface area contributed by atoms with Crippen molar-refractivity contribution in [3.63, 3.8) is 0 Å². The van der Waals surface area contributed by atoms with Crippen LogP contribution in [0.5, 0.6) is 0 Å². The highest BCUT2D eigenvalue weighted by Gasteiger charge is 2.50. The molecule has 0 spiro atoms. The Kier molecular flexibility index (Phi) is 6.44. The monoisotopic (exact) mass is 444 g/mol. The summed E-state index contributed by atoms with van der Waals surface area (Å²) in [6.07, 6.45) is -1.34. The van der Waals surface area contributed by atoms with Gasteiger partial charge in [0.15, 0.2) is 12.6 Å². The van der Waals surface area contributed by atoms with Gasteiger partial charge in [-0.2, -0.15) is 5.26 Å². The van der Waals surface area contributed by atoms with Gasteiger partial charge in [0.2, 0.25) is 0 Å². The number of hydrogen-bond acceptors (Lipinski definition) is 7. The number of fused-ring (bicyclic) bond motifs is 1. The summed E-state index contributed by atoms with van der Waals surface area (Å²) in [6.45, 7) is -0.218. The summed E-state index contributed by atoms with van der Waals surface area (Å²) in [5.41, 5.74) is 2.97. The normalized spacial score (nSPS) is 29.1. The van der Waals surface area contributed by atoms with E-state index in [0.717, 1.165) is 16.8 Å². The topological polar surface area (TPSA) is 93.8 Å². The SMILES string of the molecule is N#Cc1ccnc(CC2OC(c3ccccc3)OC3C(CO)OC(c4ccccc4)OC23)c1. The van der Waals surface area contributed by atoms with E-state index >= 15 is 0 Å². The summed E-state index contributed by atoms with van der Waals surface area (Å²) in [7, 11) is 0. The van der Waals surface area contributed by atoms with E-state index in [1.165, 1.54) is 0 Å². The third kappa shape index (κ3) is 4.67. The summed E-state index contributed by atoms with van der Waals surface area (Å²) in [6, 6.07) is 24.8. The van der Waals surface area contributed by atoms with Crippen LogP contribution in [0.1, 0.15) is 35.0 Å². The molecule has 2 aliphatic rings. The lowest BCUT2D eigenvalue weighted by Gasteiger charge is -2.49. The maximum Gasteiger partial charge on any atom is 0.184 e. The lowest BCUT2D eigenvalue weighted by molar-refractivity contribution is -0.384. The Balaban J connectivity index is 1.47. The molecule has 1 N–H and O–H groups in total. The highest BCUT2D eigenvalue weighted by Crippen LogP contribution is 2.41. The van der Waals surface area contributed by atoms with Crippen LogP contribution in [-0.2, 0) is 25.4 Å². The highest BCUT2D eigenvalue weighted by molar-refractivity contribution is 5.29. The van der Waals surface area contributed by atoms with Crippen LogP contribution in [0, 0.1) is 11.3 Å². The Labute approximate surface area is 192 Å². The summed E-state index contributed by atoms with van der Waals surface area (Å²) < 4.78 is 25.1. The maximum absolute atomic E-state index is 10.1. The third-order valence-corrected chi connectivity index (χ3v) is 5.89. The summed E-state index contributed by atoms with van der Waals surface area (Å²) in [5.74, 6) is 0. The molecule has 3 aromatic rings. The molecule has 168 valence electrons. The van der Waals surface area contributed by atoms with Crippen molar-refractivity contribution in [2.75, 3.05) is 6.61 Å². The quantitative estimate of drug-likeness (QED) is 0.644. The lowest BCUT2D eigenvalue weighted by atomic mass is 9.95. The smallest absolute Gasteiger partial charge is 0.184 e. The van der Waals surface area contributed by atoms with E-state index in [-0.39, 0.29) is 6.61 Å². The molecular weight excluding hydrogens is 420 g/mol. The fourth-order valence-electron chi connectivity index (χ4n) is 4.29. The Hall–Kier alpha value is -3.12. The van der Waals surface area contributed by atoms with Gasteiger partial charge in [0.1, 0.15) is 18.3 Å². The summed E-state index contributed by atoms with van der Waals surface area (Å²) >= 11 is 0. The standard InChI is InChI=1S/C26H24N2O5/c27-15-17-11-12-28-20(13-17)14-21-23-24(33-25(30-21)18-7-3-1-4-8-18)22(16-29)31-26(32-23)19-9-5-2-6-10-19/h1-13,21-26,29H,14,16H2. The maximum atomic E-state index is 10.1. The first kappa shape index (κ1) is 21.7. The first-order valence-electron chi connectivity index (χ1n) is 10.9. The number of benzene rings is 2. The van der Waals surface area contributed by atoms with Gasteiger partial charge in [-0.05, 0) is 12.1 Å². The van der Waals surface area contributed by atoms with Crippen molar-refractivity contribution in [1.29, 1.82) is 5.26 Å². The molecule has 7 nitrogen and oxygen atoms in total. The molecule has 6 unspecified atom stereocenters. The van der Waals surface area contributed by atoms with E-state index in [9.17, 15) is 10.4 Å². The lowest BCUT2D eigenvalue weighted by Crippen LogP contribution is -2.59. The van der Waals surface area contributed by atoms with Crippen LogP contribution >= 0.6 is 0 Å². The molecule has 0 saturated carbocycles. The fraction of sp³-hybridized carbons (Fsp3) is 0.308. The zero-order chi connectivity index (χ0) is 22.6. The highest BCUT2D eigenvalue weighted by atomic mass is 16.8. The van der Waals surface area contributed by atoms with Crippen LogP contribution in [0.4, 0.5) is 0 Å². The zero-order valence-electron chi connectivity index (χ0n) is 17.9. The van der Waals surface area contributed by atoms with Crippen molar-refractivity contribution < 1.29 is 24.1 Å². The molecule has 1 aromatic heterocycles. The van der Waals surface area contributed by atoms with Gasteiger partial charge in [0.05, 0.1) is 24.3 Å². The van der Waals surface area contributed by atoms with E-state index in [2.05, 4.69) is 11.1 Å². The number of aliphatic hydroxyl groups excluding tert-OH is 1. The predicted molar refractivity (Wildman–Crippen MR) is 118 cm³/mol. The van der Waals surface area contributed by atoms with Gasteiger partial charge in [-0.15, -0.1) is 0 Å². The van der Waals surface area contributed by atoms with Crippen LogP contribution < -0.4 is 0 Å². The molecule has 3 heterocycles. The molecule has 6 atom stereocenters. The molecule has 2 aliphatic heterocycles. The van der Waals surface area contributed by atoms with Crippen LogP contribution in [0.25, 0.3) is 0 Å². The number of ether oxygens (including phenoxy) is 4. The minimum absolute atomic E-state index is 0.218. The molecule has 0 bridgehead atoms. The van der Waals surface area contributed by atoms with Crippen LogP contribution in [0.2, 0.25) is 0 Å². The van der Waals surface area contributed by atoms with Gasteiger partial charge in [-0.1, -0.05) is 60.7 Å². The summed E-state index contributed by atoms with van der Waals surface area (Å²) in [5, 5.41) is 19.4. The molecule has 0 amide bonds. The number of aromatic nitrogens is 1. The van der Waals surface area contributed by atoms with Crippen LogP contribution in [0.15, 0.2) is 79.0 Å². The van der Waals surface area contributed by atoms with Crippen molar-refractivity contribution >= 4 is 0 Å². The molecule has 0 aliphatic carbocycles. The molecule has 2 saturated heterocycles. The number of nitriles is 1. The Morgan fingerprint density at radius 3 is 1.94 bits per heavy atom. The number of nitrogens with zero attached hydrogens (tertiary/aromatic N) is 2. The van der Waals surface area contributed by atoms with Crippen molar-refractivity contribution in [2.24, 2.45) is 0 Å². The molecule has 2 fully saturated rings. The first-order chi connectivity index (χ1) is 16.2. The average molecular weight is 444 g/mol. The number of aliphatic hydroxyl groups is 1. The Morgan fingerprint density at radius 1 is 0.788 bits per heavy atom. The number of pyridine rings is 1. The van der Waals surface area contributed by atoms with Gasteiger partial charge < -0.3 is 24.1 Å². The minimum Gasteiger partial charge on any atom is -0.394 e. The van der Waals surface area contributed by atoms with E-state index in [1.54, 1.807) is 18.3 Å². The number of rotatable bonds is 5. The van der Waals surface area contributed by atoms with Gasteiger partial charge in [-0.3, -0.25) is 4.98 Å². The predicted octanol–water partition coefficient (Wildman–Crippen LogP) is 3.45. The molecule has 2 aromatic carbocycles. The third-order valence-electron chi connectivity index (χ3n) is 5.89.